The van der Waals surface area contributed by atoms with E-state index >= 15 is 0 Å². The fraction of sp³-hybridized carbons (Fsp3) is 0.611. The lowest BCUT2D eigenvalue weighted by atomic mass is 9.91. The summed E-state index contributed by atoms with van der Waals surface area (Å²) in [6.07, 6.45) is 2.35. The molecule has 1 fully saturated rings. The molecule has 2 rings (SSSR count). The van der Waals surface area contributed by atoms with Crippen LogP contribution in [0.15, 0.2) is 12.1 Å². The summed E-state index contributed by atoms with van der Waals surface area (Å²) in [5.41, 5.74) is 10.3. The molecule has 1 amide bonds. The van der Waals surface area contributed by atoms with Crippen LogP contribution in [0, 0.1) is 26.7 Å². The Bertz CT molecular complexity index is 524. The van der Waals surface area contributed by atoms with E-state index in [0.717, 1.165) is 29.8 Å². The summed E-state index contributed by atoms with van der Waals surface area (Å²) < 4.78 is 0. The van der Waals surface area contributed by atoms with E-state index in [1.165, 1.54) is 12.0 Å². The maximum Gasteiger partial charge on any atom is 0.238 e. The highest BCUT2D eigenvalue weighted by Gasteiger charge is 2.28. The minimum atomic E-state index is 0. The van der Waals surface area contributed by atoms with Gasteiger partial charge >= 0.3 is 0 Å². The molecule has 1 aliphatic rings. The number of piperidine rings is 1. The van der Waals surface area contributed by atoms with Crippen molar-refractivity contribution in [2.75, 3.05) is 25.0 Å². The number of nitrogens with one attached hydrogen (secondary N) is 1. The molecule has 2 atom stereocenters. The lowest BCUT2D eigenvalue weighted by Gasteiger charge is -2.39. The van der Waals surface area contributed by atoms with Crippen molar-refractivity contribution in [2.45, 2.75) is 46.6 Å². The van der Waals surface area contributed by atoms with Crippen LogP contribution in [0.1, 0.15) is 36.5 Å². The van der Waals surface area contributed by atoms with Gasteiger partial charge in [0.2, 0.25) is 5.91 Å². The number of nitrogens with zero attached hydrogens (tertiary/aromatic N) is 1. The molecular weight excluding hydrogens is 310 g/mol. The van der Waals surface area contributed by atoms with Gasteiger partial charge in [-0.2, -0.15) is 0 Å². The second-order valence-electron chi connectivity index (χ2n) is 6.71. The van der Waals surface area contributed by atoms with Crippen molar-refractivity contribution in [1.29, 1.82) is 0 Å². The number of rotatable bonds is 4. The Hall–Kier alpha value is -1.10. The average molecular weight is 340 g/mol. The molecule has 0 aromatic heterocycles. The molecule has 1 aromatic carbocycles. The summed E-state index contributed by atoms with van der Waals surface area (Å²) in [4.78, 5) is 14.7. The number of hydrogen-bond donors (Lipinski definition) is 2. The van der Waals surface area contributed by atoms with Crippen LogP contribution in [-0.2, 0) is 4.79 Å². The van der Waals surface area contributed by atoms with Crippen LogP contribution in [-0.4, -0.2) is 36.5 Å². The normalized spacial score (nSPS) is 21.6. The van der Waals surface area contributed by atoms with Gasteiger partial charge in [-0.25, -0.2) is 0 Å². The highest BCUT2D eigenvalue weighted by atomic mass is 35.5. The lowest BCUT2D eigenvalue weighted by Crippen LogP contribution is -2.51. The zero-order valence-electron chi connectivity index (χ0n) is 14.7. The molecule has 0 saturated carbocycles. The van der Waals surface area contributed by atoms with Crippen LogP contribution < -0.4 is 11.1 Å². The Morgan fingerprint density at radius 3 is 2.48 bits per heavy atom. The number of halogens is 1. The number of carbonyl (C=O) groups excluding carboxylic acids is 1. The van der Waals surface area contributed by atoms with Gasteiger partial charge in [-0.15, -0.1) is 12.4 Å². The first-order valence-electron chi connectivity index (χ1n) is 8.24. The van der Waals surface area contributed by atoms with Gasteiger partial charge in [-0.1, -0.05) is 24.6 Å². The van der Waals surface area contributed by atoms with Crippen LogP contribution in [0.25, 0.3) is 0 Å². The topological polar surface area (TPSA) is 58.4 Å². The maximum atomic E-state index is 12.4. The van der Waals surface area contributed by atoms with Gasteiger partial charge in [-0.05, 0) is 57.2 Å². The van der Waals surface area contributed by atoms with E-state index in [1.54, 1.807) is 0 Å². The van der Waals surface area contributed by atoms with E-state index in [-0.39, 0.29) is 18.3 Å². The summed E-state index contributed by atoms with van der Waals surface area (Å²) in [5.74, 6) is 0.622. The van der Waals surface area contributed by atoms with Crippen molar-refractivity contribution in [1.82, 2.24) is 4.90 Å². The molecular formula is C18H30ClN3O. The molecule has 1 aliphatic heterocycles. The van der Waals surface area contributed by atoms with Gasteiger partial charge in [0, 0.05) is 18.3 Å². The molecule has 0 radical (unpaired) electrons. The molecule has 1 saturated heterocycles. The van der Waals surface area contributed by atoms with Gasteiger partial charge in [0.15, 0.2) is 0 Å². The average Bonchev–Trinajstić information content (AvgIpc) is 2.43. The van der Waals surface area contributed by atoms with Gasteiger partial charge in [0.1, 0.15) is 0 Å². The smallest absolute Gasteiger partial charge is 0.238 e. The third-order valence-corrected chi connectivity index (χ3v) is 4.76. The monoisotopic (exact) mass is 339 g/mol. The summed E-state index contributed by atoms with van der Waals surface area (Å²) in [7, 11) is 0. The molecule has 130 valence electrons. The number of anilines is 1. The van der Waals surface area contributed by atoms with Crippen LogP contribution in [0.2, 0.25) is 0 Å². The predicted molar refractivity (Wildman–Crippen MR) is 99.3 cm³/mol. The molecule has 4 nitrogen and oxygen atoms in total. The number of aryl methyl sites for hydroxylation is 3. The highest BCUT2D eigenvalue weighted by molar-refractivity contribution is 5.93. The van der Waals surface area contributed by atoms with Crippen molar-refractivity contribution in [2.24, 2.45) is 11.7 Å². The van der Waals surface area contributed by atoms with Crippen molar-refractivity contribution in [3.8, 4) is 0 Å². The standard InChI is InChI=1S/C18H29N3O.ClH/c1-12-8-14(3)18(15(4)9-12)20-17(22)11-21-7-5-6-13(2)16(21)10-19;/h8-9,13,16H,5-7,10-11,19H2,1-4H3,(H,20,22);1H. The summed E-state index contributed by atoms with van der Waals surface area (Å²) >= 11 is 0. The first-order chi connectivity index (χ1) is 10.4. The second kappa shape index (κ2) is 8.67. The second-order valence-corrected chi connectivity index (χ2v) is 6.71. The van der Waals surface area contributed by atoms with Crippen molar-refractivity contribution in [3.63, 3.8) is 0 Å². The molecule has 0 spiro atoms. The van der Waals surface area contributed by atoms with E-state index in [0.29, 0.717) is 25.0 Å². The summed E-state index contributed by atoms with van der Waals surface area (Å²) in [6.45, 7) is 10.4. The largest absolute Gasteiger partial charge is 0.329 e. The Balaban J connectivity index is 0.00000264. The molecule has 1 heterocycles. The Morgan fingerprint density at radius 1 is 1.30 bits per heavy atom. The van der Waals surface area contributed by atoms with Crippen molar-refractivity contribution < 1.29 is 4.79 Å². The summed E-state index contributed by atoms with van der Waals surface area (Å²) in [6, 6.07) is 4.53. The first-order valence-corrected chi connectivity index (χ1v) is 8.24. The Kier molecular flexibility index (Phi) is 7.52. The zero-order valence-corrected chi connectivity index (χ0v) is 15.5. The van der Waals surface area contributed by atoms with Gasteiger partial charge in [-0.3, -0.25) is 9.69 Å². The fourth-order valence-electron chi connectivity index (χ4n) is 3.65. The van der Waals surface area contributed by atoms with Gasteiger partial charge in [0.05, 0.1) is 6.54 Å². The lowest BCUT2D eigenvalue weighted by molar-refractivity contribution is -0.118. The van der Waals surface area contributed by atoms with E-state index in [2.05, 4.69) is 36.2 Å². The van der Waals surface area contributed by atoms with Crippen LogP contribution in [0.3, 0.4) is 0 Å². The molecule has 0 bridgehead atoms. The minimum Gasteiger partial charge on any atom is -0.329 e. The summed E-state index contributed by atoms with van der Waals surface area (Å²) in [5, 5.41) is 3.09. The minimum absolute atomic E-state index is 0. The van der Waals surface area contributed by atoms with Crippen molar-refractivity contribution >= 4 is 24.0 Å². The van der Waals surface area contributed by atoms with E-state index in [9.17, 15) is 4.79 Å². The number of nitrogens with two attached hydrogens (primary N) is 1. The van der Waals surface area contributed by atoms with Gasteiger partial charge in [0.25, 0.3) is 0 Å². The van der Waals surface area contributed by atoms with E-state index in [4.69, 9.17) is 5.73 Å². The predicted octanol–water partition coefficient (Wildman–Crippen LogP) is 3.03. The quantitative estimate of drug-likeness (QED) is 0.886. The number of amides is 1. The Labute approximate surface area is 146 Å². The fourth-order valence-corrected chi connectivity index (χ4v) is 3.65. The number of benzene rings is 1. The van der Waals surface area contributed by atoms with Crippen LogP contribution in [0.5, 0.6) is 0 Å². The number of likely N-dealkylation sites (tertiary alicyclic amines) is 1. The molecule has 2 unspecified atom stereocenters. The zero-order chi connectivity index (χ0) is 16.3. The molecule has 0 aliphatic carbocycles. The Morgan fingerprint density at radius 2 is 1.91 bits per heavy atom. The van der Waals surface area contributed by atoms with Crippen LogP contribution >= 0.6 is 12.4 Å². The third-order valence-electron chi connectivity index (χ3n) is 4.76. The molecule has 1 aromatic rings. The third kappa shape index (κ3) is 4.93. The molecule has 5 heteroatoms. The number of carbonyl (C=O) groups is 1. The van der Waals surface area contributed by atoms with Crippen LogP contribution in [0.4, 0.5) is 5.69 Å². The molecule has 3 N–H and O–H groups in total. The maximum absolute atomic E-state index is 12.4. The van der Waals surface area contributed by atoms with Gasteiger partial charge < -0.3 is 11.1 Å². The molecule has 23 heavy (non-hydrogen) atoms. The van der Waals surface area contributed by atoms with E-state index in [1.807, 2.05) is 13.8 Å². The van der Waals surface area contributed by atoms with E-state index < -0.39 is 0 Å². The first kappa shape index (κ1) is 19.9. The highest BCUT2D eigenvalue weighted by Crippen LogP contribution is 2.24. The van der Waals surface area contributed by atoms with Crippen molar-refractivity contribution in [3.05, 3.63) is 28.8 Å². The SMILES string of the molecule is Cc1cc(C)c(NC(=O)CN2CCCC(C)C2CN)c(C)c1.Cl. The number of hydrogen-bond acceptors (Lipinski definition) is 3.